The molecule has 0 radical (unpaired) electrons. The molecule has 5 heteroatoms. The van der Waals surface area contributed by atoms with Gasteiger partial charge in [0.15, 0.2) is 0 Å². The lowest BCUT2D eigenvalue weighted by molar-refractivity contribution is 0.630. The largest absolute Gasteiger partial charge is 0.294 e. The van der Waals surface area contributed by atoms with Crippen LogP contribution in [0.15, 0.2) is 195 Å². The summed E-state index contributed by atoms with van der Waals surface area (Å²) in [5.41, 5.74) is 14.5. The topological polar surface area (TPSA) is 43.6 Å². The molecule has 0 atom stereocenters. The zero-order valence-corrected chi connectivity index (χ0v) is 32.1. The molecule has 0 aliphatic rings. The number of aryl methyl sites for hydroxylation is 1. The molecule has 59 heavy (non-hydrogen) atoms. The van der Waals surface area contributed by atoms with Gasteiger partial charge in [-0.25, -0.2) is 9.37 Å². The Balaban J connectivity index is 1.07. The third-order valence-corrected chi connectivity index (χ3v) is 11.4. The van der Waals surface area contributed by atoms with Crippen LogP contribution < -0.4 is 0 Å². The van der Waals surface area contributed by atoms with Gasteiger partial charge in [-0.05, 0) is 123 Å². The van der Waals surface area contributed by atoms with Crippen molar-refractivity contribution in [1.29, 1.82) is 0 Å². The first-order valence-electron chi connectivity index (χ1n) is 19.8. The molecule has 0 saturated heterocycles. The van der Waals surface area contributed by atoms with Gasteiger partial charge in [0.05, 0.1) is 11.2 Å². The number of fused-ring (bicyclic) bond motifs is 5. The monoisotopic (exact) mass is 758 g/mol. The van der Waals surface area contributed by atoms with Crippen LogP contribution in [0.5, 0.6) is 0 Å². The molecule has 0 N–H and O–H groups in total. The van der Waals surface area contributed by atoms with Crippen LogP contribution in [0.1, 0.15) is 5.56 Å². The van der Waals surface area contributed by atoms with Crippen molar-refractivity contribution < 1.29 is 4.39 Å². The first-order chi connectivity index (χ1) is 29.1. The summed E-state index contributed by atoms with van der Waals surface area (Å²) < 4.78 is 17.5. The van der Waals surface area contributed by atoms with Crippen molar-refractivity contribution in [2.45, 2.75) is 6.92 Å². The Morgan fingerprint density at radius 2 is 1.20 bits per heavy atom. The quantitative estimate of drug-likeness (QED) is 0.159. The Morgan fingerprint density at radius 1 is 0.458 bits per heavy atom. The molecule has 4 nitrogen and oxygen atoms in total. The number of aromatic nitrogens is 4. The van der Waals surface area contributed by atoms with Crippen molar-refractivity contribution >= 4 is 43.5 Å². The molecule has 0 aliphatic carbocycles. The van der Waals surface area contributed by atoms with E-state index in [4.69, 9.17) is 9.97 Å². The van der Waals surface area contributed by atoms with E-state index in [9.17, 15) is 0 Å². The van der Waals surface area contributed by atoms with Gasteiger partial charge in [-0.2, -0.15) is 0 Å². The van der Waals surface area contributed by atoms with Gasteiger partial charge in [-0.15, -0.1) is 0 Å². The minimum atomic E-state index is -0.266. The van der Waals surface area contributed by atoms with Crippen molar-refractivity contribution in [3.05, 3.63) is 206 Å². The zero-order valence-electron chi connectivity index (χ0n) is 32.1. The van der Waals surface area contributed by atoms with Gasteiger partial charge >= 0.3 is 0 Å². The molecule has 0 spiro atoms. The van der Waals surface area contributed by atoms with Crippen LogP contribution >= 0.6 is 0 Å². The highest BCUT2D eigenvalue weighted by atomic mass is 19.1. The van der Waals surface area contributed by atoms with Crippen LogP contribution in [-0.4, -0.2) is 19.5 Å². The lowest BCUT2D eigenvalue weighted by Gasteiger charge is -2.20. The minimum absolute atomic E-state index is 0.266. The maximum absolute atomic E-state index is 15.2. The molecule has 11 aromatic rings. The van der Waals surface area contributed by atoms with Crippen molar-refractivity contribution in [3.63, 3.8) is 0 Å². The molecule has 0 fully saturated rings. The molecule has 0 amide bonds. The predicted octanol–water partition coefficient (Wildman–Crippen LogP) is 14.1. The third kappa shape index (κ3) is 5.86. The molecule has 7 aromatic carbocycles. The number of benzene rings is 7. The van der Waals surface area contributed by atoms with Crippen LogP contribution in [0.25, 0.3) is 105 Å². The Labute approximate surface area is 340 Å². The highest BCUT2D eigenvalue weighted by Crippen LogP contribution is 2.47. The number of hydrogen-bond donors (Lipinski definition) is 0. The number of hydrogen-bond acceptors (Lipinski definition) is 3. The Bertz CT molecular complexity index is 3380. The fraction of sp³-hybridized carbons (Fsp3) is 0.0185. The second-order valence-corrected chi connectivity index (χ2v) is 15.1. The zero-order chi connectivity index (χ0) is 39.5. The summed E-state index contributed by atoms with van der Waals surface area (Å²) in [6.07, 6.45) is 7.53. The maximum Gasteiger partial charge on any atom is 0.145 e. The summed E-state index contributed by atoms with van der Waals surface area (Å²) in [7, 11) is 0. The second-order valence-electron chi connectivity index (χ2n) is 15.1. The van der Waals surface area contributed by atoms with Crippen LogP contribution in [0.4, 0.5) is 4.39 Å². The summed E-state index contributed by atoms with van der Waals surface area (Å²) in [4.78, 5) is 14.4. The highest BCUT2D eigenvalue weighted by Gasteiger charge is 2.21. The summed E-state index contributed by atoms with van der Waals surface area (Å²) in [6.45, 7) is 2.13. The molecule has 4 heterocycles. The van der Waals surface area contributed by atoms with E-state index in [2.05, 4.69) is 132 Å². The average molecular weight is 759 g/mol. The lowest BCUT2D eigenvalue weighted by Crippen LogP contribution is -1.97. The van der Waals surface area contributed by atoms with E-state index in [0.717, 1.165) is 110 Å². The van der Waals surface area contributed by atoms with E-state index in [1.165, 1.54) is 0 Å². The van der Waals surface area contributed by atoms with Crippen molar-refractivity contribution in [3.8, 4) is 61.5 Å². The van der Waals surface area contributed by atoms with Gasteiger partial charge in [0, 0.05) is 63.3 Å². The van der Waals surface area contributed by atoms with Gasteiger partial charge in [-0.1, -0.05) is 109 Å². The van der Waals surface area contributed by atoms with Crippen LogP contribution in [0.2, 0.25) is 0 Å². The maximum atomic E-state index is 15.2. The smallest absolute Gasteiger partial charge is 0.145 e. The van der Waals surface area contributed by atoms with Crippen molar-refractivity contribution in [2.75, 3.05) is 0 Å². The summed E-state index contributed by atoms with van der Waals surface area (Å²) in [5.74, 6) is -0.266. The first kappa shape index (κ1) is 34.5. The van der Waals surface area contributed by atoms with E-state index in [-0.39, 0.29) is 5.82 Å². The Kier molecular flexibility index (Phi) is 8.19. The number of nitrogens with zero attached hydrogens (tertiary/aromatic N) is 4. The van der Waals surface area contributed by atoms with Gasteiger partial charge in [-0.3, -0.25) is 14.5 Å². The van der Waals surface area contributed by atoms with Crippen LogP contribution in [-0.2, 0) is 0 Å². The van der Waals surface area contributed by atoms with Gasteiger partial charge in [0.1, 0.15) is 11.5 Å². The fourth-order valence-electron chi connectivity index (χ4n) is 8.89. The average Bonchev–Trinajstić information content (AvgIpc) is 3.62. The molecule has 0 aliphatic heterocycles. The predicted molar refractivity (Wildman–Crippen MR) is 241 cm³/mol. The molecular formula is C54H35FN4. The summed E-state index contributed by atoms with van der Waals surface area (Å²) >= 11 is 0. The number of halogens is 1. The fourth-order valence-corrected chi connectivity index (χ4v) is 8.89. The summed E-state index contributed by atoms with van der Waals surface area (Å²) in [5, 5.41) is 6.21. The van der Waals surface area contributed by atoms with Crippen molar-refractivity contribution in [1.82, 2.24) is 19.5 Å². The first-order valence-corrected chi connectivity index (χ1v) is 19.8. The Hall–Kier alpha value is -7.76. The minimum Gasteiger partial charge on any atom is -0.294 e. The second kappa shape index (κ2) is 14.0. The third-order valence-electron chi connectivity index (χ3n) is 11.4. The Morgan fingerprint density at radius 3 is 1.98 bits per heavy atom. The van der Waals surface area contributed by atoms with Gasteiger partial charge in [0.25, 0.3) is 0 Å². The van der Waals surface area contributed by atoms with Crippen LogP contribution in [0.3, 0.4) is 0 Å². The van der Waals surface area contributed by atoms with E-state index in [1.54, 1.807) is 18.3 Å². The lowest BCUT2D eigenvalue weighted by atomic mass is 9.83. The standard InChI is InChI=1S/C54H35FN4/c1-34-27-40(38-15-9-25-56-32-38)29-42(28-34)59-50-24-20-37(30-47(50)44-18-10-26-57-54(44)59)39-19-23-49(58-33-39)45-16-8-17-46-51(35-11-4-2-5-12-35)43-22-21-41(55)31-48(43)52(53(45)46)36-13-6-3-7-14-36/h2-33H,1H3. The number of rotatable bonds is 6. The molecule has 278 valence electrons. The van der Waals surface area contributed by atoms with Gasteiger partial charge < -0.3 is 0 Å². The van der Waals surface area contributed by atoms with E-state index in [1.807, 2.05) is 61.1 Å². The van der Waals surface area contributed by atoms with E-state index in [0.29, 0.717) is 0 Å². The molecule has 11 rings (SSSR count). The molecule has 0 unspecified atom stereocenters. The van der Waals surface area contributed by atoms with Crippen LogP contribution in [0, 0.1) is 12.7 Å². The summed E-state index contributed by atoms with van der Waals surface area (Å²) in [6, 6.07) is 58.0. The van der Waals surface area contributed by atoms with E-state index < -0.39 is 0 Å². The molecule has 0 saturated carbocycles. The molecular weight excluding hydrogens is 724 g/mol. The highest BCUT2D eigenvalue weighted by molar-refractivity contribution is 6.24. The van der Waals surface area contributed by atoms with E-state index >= 15 is 4.39 Å². The number of pyridine rings is 3. The normalized spacial score (nSPS) is 11.6. The molecule has 0 bridgehead atoms. The van der Waals surface area contributed by atoms with Crippen molar-refractivity contribution in [2.24, 2.45) is 0 Å². The van der Waals surface area contributed by atoms with Gasteiger partial charge in [0.2, 0.25) is 0 Å². The molecule has 4 aromatic heterocycles. The SMILES string of the molecule is Cc1cc(-c2cccnc2)cc(-n2c3ccc(-c4ccc(-c5cccc6c(-c7ccccc7)c7ccc(F)cc7c(-c7ccccc7)c56)nc4)cc3c3cccnc32)c1.